The topological polar surface area (TPSA) is 111 Å². The molecule has 0 radical (unpaired) electrons. The number of allylic oxidation sites excluding steroid dienone is 2. The Morgan fingerprint density at radius 1 is 1.09 bits per heavy atom. The van der Waals surface area contributed by atoms with Gasteiger partial charge in [0.15, 0.2) is 5.78 Å². The second kappa shape index (κ2) is 14.6. The fourth-order valence-electron chi connectivity index (χ4n) is 6.26. The Morgan fingerprint density at radius 3 is 2.40 bits per heavy atom. The highest BCUT2D eigenvalue weighted by atomic mass is 35.5. The Kier molecular flexibility index (Phi) is 11.1. The zero-order valence-electron chi connectivity index (χ0n) is 27.4. The maximum absolute atomic E-state index is 13.2. The van der Waals surface area contributed by atoms with Crippen molar-refractivity contribution in [3.8, 4) is 5.75 Å². The van der Waals surface area contributed by atoms with Gasteiger partial charge in [-0.3, -0.25) is 14.5 Å². The SMILES string of the molecule is COc1ccc(CCc2nc3cc(C(C(C)=O)=C(C)N)ccc3n2CC(C)N2CCN(C(=O)C(C)(C)CCC=O)CC2)cc1Cl. The van der Waals surface area contributed by atoms with Crippen LogP contribution in [0.25, 0.3) is 16.6 Å². The van der Waals surface area contributed by atoms with Gasteiger partial charge in [0.05, 0.1) is 23.2 Å². The average molecular weight is 636 g/mol. The molecule has 45 heavy (non-hydrogen) atoms. The summed E-state index contributed by atoms with van der Waals surface area (Å²) >= 11 is 6.40. The molecule has 0 saturated carbocycles. The number of aryl methyl sites for hydroxylation is 2. The molecule has 0 aliphatic carbocycles. The smallest absolute Gasteiger partial charge is 0.228 e. The number of hydrogen-bond donors (Lipinski definition) is 1. The van der Waals surface area contributed by atoms with Crippen molar-refractivity contribution in [3.63, 3.8) is 0 Å². The molecule has 0 bridgehead atoms. The second-order valence-electron chi connectivity index (χ2n) is 12.7. The van der Waals surface area contributed by atoms with E-state index in [1.165, 1.54) is 6.92 Å². The van der Waals surface area contributed by atoms with E-state index in [4.69, 9.17) is 27.1 Å². The monoisotopic (exact) mass is 635 g/mol. The maximum atomic E-state index is 13.2. The number of amides is 1. The van der Waals surface area contributed by atoms with Crippen LogP contribution < -0.4 is 10.5 Å². The fourth-order valence-corrected chi connectivity index (χ4v) is 6.54. The lowest BCUT2D eigenvalue weighted by Gasteiger charge is -2.41. The van der Waals surface area contributed by atoms with Crippen molar-refractivity contribution >= 4 is 46.2 Å². The standard InChI is InChI=1S/C35H46ClN5O4/c1-23(39-15-17-40(18-16-39)34(44)35(4,5)14-7-19-42)22-41-30-11-10-27(33(24(2)37)25(3)43)21-29(30)38-32(41)13-9-26-8-12-31(45-6)28(36)20-26/h8,10-12,19-21,23H,7,9,13-18,22,37H2,1-6H3. The summed E-state index contributed by atoms with van der Waals surface area (Å²) in [5, 5.41) is 0.576. The van der Waals surface area contributed by atoms with Crippen LogP contribution in [0.2, 0.25) is 5.02 Å². The molecule has 242 valence electrons. The molecule has 2 N–H and O–H groups in total. The summed E-state index contributed by atoms with van der Waals surface area (Å²) in [5.74, 6) is 1.62. The zero-order valence-corrected chi connectivity index (χ0v) is 28.1. The van der Waals surface area contributed by atoms with Crippen LogP contribution in [0.15, 0.2) is 42.1 Å². The van der Waals surface area contributed by atoms with Gasteiger partial charge in [-0.05, 0) is 69.0 Å². The number of nitrogens with zero attached hydrogens (tertiary/aromatic N) is 4. The molecular formula is C35H46ClN5O4. The number of imidazole rings is 1. The molecule has 1 unspecified atom stereocenters. The number of fused-ring (bicyclic) bond motifs is 1. The van der Waals surface area contributed by atoms with Crippen LogP contribution in [0.3, 0.4) is 0 Å². The maximum Gasteiger partial charge on any atom is 0.228 e. The highest BCUT2D eigenvalue weighted by Gasteiger charge is 2.34. The van der Waals surface area contributed by atoms with Gasteiger partial charge in [0.1, 0.15) is 17.9 Å². The minimum absolute atomic E-state index is 0.0798. The summed E-state index contributed by atoms with van der Waals surface area (Å²) in [6, 6.07) is 12.0. The minimum Gasteiger partial charge on any atom is -0.495 e. The number of aromatic nitrogens is 2. The van der Waals surface area contributed by atoms with Crippen LogP contribution in [-0.4, -0.2) is 76.7 Å². The molecule has 10 heteroatoms. The summed E-state index contributed by atoms with van der Waals surface area (Å²) in [5.41, 5.74) is 10.2. The lowest BCUT2D eigenvalue weighted by atomic mass is 9.86. The minimum atomic E-state index is -0.549. The molecule has 1 saturated heterocycles. The van der Waals surface area contributed by atoms with Gasteiger partial charge >= 0.3 is 0 Å². The van der Waals surface area contributed by atoms with Crippen molar-refractivity contribution in [1.82, 2.24) is 19.4 Å². The van der Waals surface area contributed by atoms with Gasteiger partial charge in [0, 0.05) is 68.3 Å². The van der Waals surface area contributed by atoms with Gasteiger partial charge in [0.25, 0.3) is 0 Å². The fraction of sp³-hybridized carbons (Fsp3) is 0.486. The predicted octanol–water partition coefficient (Wildman–Crippen LogP) is 5.30. The Labute approximate surface area is 271 Å². The van der Waals surface area contributed by atoms with Crippen LogP contribution in [0, 0.1) is 5.41 Å². The lowest BCUT2D eigenvalue weighted by Crippen LogP contribution is -2.54. The number of Topliss-reactive ketones (excluding diaryl/α,β-unsaturated/α-hetero) is 1. The van der Waals surface area contributed by atoms with E-state index in [1.807, 2.05) is 55.1 Å². The van der Waals surface area contributed by atoms with E-state index in [-0.39, 0.29) is 17.7 Å². The largest absolute Gasteiger partial charge is 0.495 e. The van der Waals surface area contributed by atoms with Crippen molar-refractivity contribution in [3.05, 3.63) is 64.1 Å². The Bertz CT molecular complexity index is 1580. The Balaban J connectivity index is 1.57. The highest BCUT2D eigenvalue weighted by Crippen LogP contribution is 2.29. The summed E-state index contributed by atoms with van der Waals surface area (Å²) in [7, 11) is 1.60. The molecule has 4 rings (SSSR count). The molecule has 0 spiro atoms. The number of benzene rings is 2. The van der Waals surface area contributed by atoms with E-state index in [2.05, 4.69) is 16.4 Å². The van der Waals surface area contributed by atoms with Crippen LogP contribution >= 0.6 is 11.6 Å². The molecule has 1 atom stereocenters. The number of nitrogens with two attached hydrogens (primary N) is 1. The summed E-state index contributed by atoms with van der Waals surface area (Å²) in [6.45, 7) is 12.9. The molecule has 2 aromatic carbocycles. The van der Waals surface area contributed by atoms with E-state index in [1.54, 1.807) is 14.0 Å². The van der Waals surface area contributed by atoms with Crippen LogP contribution in [-0.2, 0) is 33.8 Å². The third-order valence-electron chi connectivity index (χ3n) is 8.85. The van der Waals surface area contributed by atoms with Gasteiger partial charge in [-0.15, -0.1) is 0 Å². The number of piperazine rings is 1. The van der Waals surface area contributed by atoms with Crippen molar-refractivity contribution in [1.29, 1.82) is 0 Å². The van der Waals surface area contributed by atoms with E-state index < -0.39 is 5.41 Å². The summed E-state index contributed by atoms with van der Waals surface area (Å²) in [4.78, 5) is 45.9. The first-order valence-electron chi connectivity index (χ1n) is 15.6. The van der Waals surface area contributed by atoms with Gasteiger partial charge in [-0.25, -0.2) is 4.98 Å². The first kappa shape index (κ1) is 34.2. The second-order valence-corrected chi connectivity index (χ2v) is 13.1. The van der Waals surface area contributed by atoms with E-state index in [9.17, 15) is 14.4 Å². The van der Waals surface area contributed by atoms with Gasteiger partial charge in [0.2, 0.25) is 5.91 Å². The lowest BCUT2D eigenvalue weighted by molar-refractivity contribution is -0.143. The molecule has 1 fully saturated rings. The molecule has 1 aliphatic rings. The molecule has 9 nitrogen and oxygen atoms in total. The molecule has 1 aromatic heterocycles. The number of hydrogen-bond acceptors (Lipinski definition) is 7. The van der Waals surface area contributed by atoms with E-state index >= 15 is 0 Å². The molecule has 2 heterocycles. The molecular weight excluding hydrogens is 590 g/mol. The summed E-state index contributed by atoms with van der Waals surface area (Å²) in [6.07, 6.45) is 3.27. The normalized spacial score (nSPS) is 15.6. The van der Waals surface area contributed by atoms with Crippen molar-refractivity contribution in [2.75, 3.05) is 33.3 Å². The van der Waals surface area contributed by atoms with Gasteiger partial charge in [-0.2, -0.15) is 0 Å². The zero-order chi connectivity index (χ0) is 32.9. The first-order chi connectivity index (χ1) is 21.4. The van der Waals surface area contributed by atoms with E-state index in [0.29, 0.717) is 54.4 Å². The number of methoxy groups -OCH3 is 1. The van der Waals surface area contributed by atoms with Crippen molar-refractivity contribution in [2.45, 2.75) is 72.9 Å². The number of aldehydes is 1. The quantitative estimate of drug-likeness (QED) is 0.200. The number of carbonyl (C=O) groups excluding carboxylic acids is 3. The van der Waals surface area contributed by atoms with Crippen LogP contribution in [0.4, 0.5) is 0 Å². The van der Waals surface area contributed by atoms with Crippen molar-refractivity contribution < 1.29 is 19.1 Å². The number of carbonyl (C=O) groups is 3. The summed E-state index contributed by atoms with van der Waals surface area (Å²) < 4.78 is 7.59. The molecule has 1 amide bonds. The third kappa shape index (κ3) is 7.94. The predicted molar refractivity (Wildman–Crippen MR) is 179 cm³/mol. The van der Waals surface area contributed by atoms with Gasteiger partial charge in [-0.1, -0.05) is 37.6 Å². The van der Waals surface area contributed by atoms with E-state index in [0.717, 1.165) is 60.3 Å². The van der Waals surface area contributed by atoms with Gasteiger partial charge < -0.3 is 24.7 Å². The van der Waals surface area contributed by atoms with Crippen molar-refractivity contribution in [2.24, 2.45) is 11.1 Å². The number of rotatable bonds is 13. The average Bonchev–Trinajstić information content (AvgIpc) is 3.34. The number of halogens is 1. The molecule has 1 aliphatic heterocycles. The third-order valence-corrected chi connectivity index (χ3v) is 9.15. The first-order valence-corrected chi connectivity index (χ1v) is 16.0. The number of ether oxygens (including phenoxy) is 1. The number of ketones is 1. The Hall–Kier alpha value is -3.69. The Morgan fingerprint density at radius 2 is 1.80 bits per heavy atom. The van der Waals surface area contributed by atoms with Crippen LogP contribution in [0.1, 0.15) is 64.4 Å². The van der Waals surface area contributed by atoms with Crippen LogP contribution in [0.5, 0.6) is 5.75 Å². The highest BCUT2D eigenvalue weighted by molar-refractivity contribution is 6.32. The molecule has 3 aromatic rings.